The molecule has 0 amide bonds. The summed E-state index contributed by atoms with van der Waals surface area (Å²) < 4.78 is 0. The smallest absolute Gasteiger partial charge is 0.0117 e. The molecule has 0 spiro atoms. The maximum absolute atomic E-state index is 4.25. The molecule has 0 N–H and O–H groups in total. The Morgan fingerprint density at radius 3 is 2.50 bits per heavy atom. The van der Waals surface area contributed by atoms with E-state index in [1.54, 1.807) is 0 Å². The molecule has 1 heterocycles. The normalized spacial score (nSPS) is 20.6. The number of hydrogen-bond donors (Lipinski definition) is 1. The summed E-state index contributed by atoms with van der Waals surface area (Å²) in [6, 6.07) is 0.817. The van der Waals surface area contributed by atoms with Gasteiger partial charge in [-0.25, -0.2) is 0 Å². The van der Waals surface area contributed by atoms with Gasteiger partial charge in [0.2, 0.25) is 0 Å². The zero-order valence-corrected chi connectivity index (χ0v) is 10.5. The Morgan fingerprint density at radius 1 is 1.36 bits per heavy atom. The van der Waals surface area contributed by atoms with Crippen molar-refractivity contribution in [1.82, 2.24) is 9.80 Å². The van der Waals surface area contributed by atoms with Gasteiger partial charge in [-0.2, -0.15) is 12.6 Å². The van der Waals surface area contributed by atoms with Gasteiger partial charge in [-0.05, 0) is 58.2 Å². The summed E-state index contributed by atoms with van der Waals surface area (Å²) in [5, 5.41) is 0. The van der Waals surface area contributed by atoms with Crippen molar-refractivity contribution in [3.8, 4) is 0 Å². The van der Waals surface area contributed by atoms with E-state index in [-0.39, 0.29) is 0 Å². The zero-order valence-electron chi connectivity index (χ0n) is 9.58. The Morgan fingerprint density at radius 2 is 2.00 bits per heavy atom. The number of likely N-dealkylation sites (tertiary alicyclic amines) is 1. The highest BCUT2D eigenvalue weighted by Gasteiger charge is 2.20. The number of thiol groups is 1. The summed E-state index contributed by atoms with van der Waals surface area (Å²) in [5.41, 5.74) is 0. The molecule has 1 saturated heterocycles. The summed E-state index contributed by atoms with van der Waals surface area (Å²) >= 11 is 4.25. The molecule has 0 aliphatic carbocycles. The van der Waals surface area contributed by atoms with Gasteiger partial charge in [0.1, 0.15) is 0 Å². The van der Waals surface area contributed by atoms with E-state index in [1.807, 2.05) is 0 Å². The molecule has 0 radical (unpaired) electrons. The first kappa shape index (κ1) is 12.3. The molecule has 0 unspecified atom stereocenters. The van der Waals surface area contributed by atoms with Crippen molar-refractivity contribution in [2.75, 3.05) is 39.0 Å². The van der Waals surface area contributed by atoms with Crippen molar-refractivity contribution >= 4 is 12.6 Å². The first-order valence-corrected chi connectivity index (χ1v) is 6.44. The van der Waals surface area contributed by atoms with Crippen LogP contribution in [0.3, 0.4) is 0 Å². The summed E-state index contributed by atoms with van der Waals surface area (Å²) in [4.78, 5) is 5.06. The molecular weight excluding hydrogens is 192 g/mol. The second-order valence-corrected chi connectivity index (χ2v) is 4.67. The molecule has 84 valence electrons. The Balaban J connectivity index is 2.19. The van der Waals surface area contributed by atoms with E-state index in [9.17, 15) is 0 Å². The average Bonchev–Trinajstić information content (AvgIpc) is 2.26. The zero-order chi connectivity index (χ0) is 10.4. The minimum Gasteiger partial charge on any atom is -0.303 e. The van der Waals surface area contributed by atoms with E-state index in [0.29, 0.717) is 0 Å². The third-order valence-electron chi connectivity index (χ3n) is 3.30. The Kier molecular flexibility index (Phi) is 5.90. The lowest BCUT2D eigenvalue weighted by molar-refractivity contribution is 0.132. The van der Waals surface area contributed by atoms with Crippen LogP contribution in [0.15, 0.2) is 0 Å². The summed E-state index contributed by atoms with van der Waals surface area (Å²) in [5.74, 6) is 1.01. The SMILES string of the molecule is CCN1CCC(N(C)CCCS)CC1. The molecule has 2 nitrogen and oxygen atoms in total. The Hall–Kier alpha value is 0.270. The lowest BCUT2D eigenvalue weighted by Gasteiger charge is -2.36. The third-order valence-corrected chi connectivity index (χ3v) is 3.61. The van der Waals surface area contributed by atoms with E-state index in [2.05, 4.69) is 36.4 Å². The predicted molar refractivity (Wildman–Crippen MR) is 66.2 cm³/mol. The van der Waals surface area contributed by atoms with Crippen LogP contribution in [0.1, 0.15) is 26.2 Å². The maximum Gasteiger partial charge on any atom is 0.0117 e. The van der Waals surface area contributed by atoms with Crippen molar-refractivity contribution in [3.63, 3.8) is 0 Å². The highest BCUT2D eigenvalue weighted by molar-refractivity contribution is 7.80. The van der Waals surface area contributed by atoms with Crippen LogP contribution < -0.4 is 0 Å². The third kappa shape index (κ3) is 3.79. The maximum atomic E-state index is 4.25. The molecule has 1 aliphatic heterocycles. The minimum atomic E-state index is 0.817. The van der Waals surface area contributed by atoms with Crippen LogP contribution in [0, 0.1) is 0 Å². The molecule has 0 aromatic rings. The molecule has 14 heavy (non-hydrogen) atoms. The van der Waals surface area contributed by atoms with Gasteiger partial charge in [0.15, 0.2) is 0 Å². The van der Waals surface area contributed by atoms with Crippen LogP contribution in [0.2, 0.25) is 0 Å². The molecule has 3 heteroatoms. The molecule has 0 atom stereocenters. The van der Waals surface area contributed by atoms with Gasteiger partial charge in [0, 0.05) is 6.04 Å². The van der Waals surface area contributed by atoms with E-state index in [4.69, 9.17) is 0 Å². The lowest BCUT2D eigenvalue weighted by Crippen LogP contribution is -2.43. The first-order chi connectivity index (χ1) is 6.77. The van der Waals surface area contributed by atoms with E-state index in [1.165, 1.54) is 45.4 Å². The minimum absolute atomic E-state index is 0.817. The quantitative estimate of drug-likeness (QED) is 0.699. The predicted octanol–water partition coefficient (Wildman–Crippen LogP) is 1.72. The van der Waals surface area contributed by atoms with Crippen LogP contribution in [0.5, 0.6) is 0 Å². The molecule has 1 fully saturated rings. The highest BCUT2D eigenvalue weighted by Crippen LogP contribution is 2.15. The number of rotatable bonds is 5. The fourth-order valence-electron chi connectivity index (χ4n) is 2.18. The van der Waals surface area contributed by atoms with Gasteiger partial charge >= 0.3 is 0 Å². The van der Waals surface area contributed by atoms with E-state index < -0.39 is 0 Å². The molecule has 0 aromatic heterocycles. The van der Waals surface area contributed by atoms with Crippen molar-refractivity contribution < 1.29 is 0 Å². The van der Waals surface area contributed by atoms with Crippen LogP contribution in [-0.2, 0) is 0 Å². The standard InChI is InChI=1S/C11H24N2S/c1-3-13-8-5-11(6-9-13)12(2)7-4-10-14/h11,14H,3-10H2,1-2H3. The average molecular weight is 216 g/mol. The fraction of sp³-hybridized carbons (Fsp3) is 1.00. The van der Waals surface area contributed by atoms with Gasteiger partial charge in [-0.15, -0.1) is 0 Å². The van der Waals surface area contributed by atoms with Crippen LogP contribution in [-0.4, -0.2) is 54.8 Å². The molecular formula is C11H24N2S. The van der Waals surface area contributed by atoms with Crippen molar-refractivity contribution in [2.24, 2.45) is 0 Å². The van der Waals surface area contributed by atoms with E-state index in [0.717, 1.165) is 11.8 Å². The highest BCUT2D eigenvalue weighted by atomic mass is 32.1. The van der Waals surface area contributed by atoms with Gasteiger partial charge in [0.05, 0.1) is 0 Å². The van der Waals surface area contributed by atoms with Gasteiger partial charge in [0.25, 0.3) is 0 Å². The Labute approximate surface area is 94.1 Å². The van der Waals surface area contributed by atoms with Crippen molar-refractivity contribution in [2.45, 2.75) is 32.2 Å². The monoisotopic (exact) mass is 216 g/mol. The second kappa shape index (κ2) is 6.70. The number of piperidine rings is 1. The fourth-order valence-corrected chi connectivity index (χ4v) is 2.32. The second-order valence-electron chi connectivity index (χ2n) is 4.22. The number of nitrogens with zero attached hydrogens (tertiary/aromatic N) is 2. The molecule has 0 saturated carbocycles. The van der Waals surface area contributed by atoms with E-state index >= 15 is 0 Å². The van der Waals surface area contributed by atoms with Crippen molar-refractivity contribution in [1.29, 1.82) is 0 Å². The largest absolute Gasteiger partial charge is 0.303 e. The number of hydrogen-bond acceptors (Lipinski definition) is 3. The lowest BCUT2D eigenvalue weighted by atomic mass is 10.0. The van der Waals surface area contributed by atoms with Gasteiger partial charge < -0.3 is 9.80 Å². The molecule has 1 aliphatic rings. The van der Waals surface area contributed by atoms with Crippen LogP contribution >= 0.6 is 12.6 Å². The molecule has 1 rings (SSSR count). The summed E-state index contributed by atoms with van der Waals surface area (Å²) in [7, 11) is 2.26. The van der Waals surface area contributed by atoms with Crippen molar-refractivity contribution in [3.05, 3.63) is 0 Å². The molecule has 0 bridgehead atoms. The Bertz CT molecular complexity index is 144. The van der Waals surface area contributed by atoms with Crippen LogP contribution in [0.4, 0.5) is 0 Å². The topological polar surface area (TPSA) is 6.48 Å². The van der Waals surface area contributed by atoms with Gasteiger partial charge in [-0.1, -0.05) is 6.92 Å². The first-order valence-electron chi connectivity index (χ1n) is 5.81. The molecule has 0 aromatic carbocycles. The summed E-state index contributed by atoms with van der Waals surface area (Å²) in [6.45, 7) is 7.25. The summed E-state index contributed by atoms with van der Waals surface area (Å²) in [6.07, 6.45) is 3.90. The van der Waals surface area contributed by atoms with Crippen LogP contribution in [0.25, 0.3) is 0 Å². The van der Waals surface area contributed by atoms with Gasteiger partial charge in [-0.3, -0.25) is 0 Å².